The maximum absolute atomic E-state index is 10.1. The lowest BCUT2D eigenvalue weighted by Crippen LogP contribution is -2.22. The molecule has 0 radical (unpaired) electrons. The van der Waals surface area contributed by atoms with Crippen molar-refractivity contribution >= 4 is 11.6 Å². The largest absolute Gasteiger partial charge is 0.387 e. The van der Waals surface area contributed by atoms with Crippen LogP contribution >= 0.6 is 11.6 Å². The smallest absolute Gasteiger partial charge is 0.0973 e. The lowest BCUT2D eigenvalue weighted by Gasteiger charge is -2.26. The number of hydrogen-bond acceptors (Lipinski definition) is 2. The van der Waals surface area contributed by atoms with E-state index in [0.717, 1.165) is 5.56 Å². The van der Waals surface area contributed by atoms with E-state index >= 15 is 0 Å². The van der Waals surface area contributed by atoms with Crippen molar-refractivity contribution in [3.63, 3.8) is 0 Å². The fourth-order valence-corrected chi connectivity index (χ4v) is 1.47. The van der Waals surface area contributed by atoms with Gasteiger partial charge in [-0.25, -0.2) is 0 Å². The molecular weight excluding hydrogens is 210 g/mol. The molecular formula is C12H14ClNO. The fourth-order valence-electron chi connectivity index (χ4n) is 1.35. The lowest BCUT2D eigenvalue weighted by molar-refractivity contribution is 0.0722. The molecule has 15 heavy (non-hydrogen) atoms. The van der Waals surface area contributed by atoms with Crippen LogP contribution in [0.4, 0.5) is 0 Å². The average Bonchev–Trinajstić information content (AvgIpc) is 2.28. The van der Waals surface area contributed by atoms with Crippen molar-refractivity contribution in [2.75, 3.05) is 0 Å². The van der Waals surface area contributed by atoms with Crippen LogP contribution in [-0.2, 0) is 0 Å². The molecule has 0 aromatic heterocycles. The second-order valence-electron chi connectivity index (χ2n) is 3.84. The number of nitrogens with zero attached hydrogens (tertiary/aromatic N) is 1. The van der Waals surface area contributed by atoms with Crippen LogP contribution in [0.15, 0.2) is 24.3 Å². The highest BCUT2D eigenvalue weighted by atomic mass is 35.5. The third kappa shape index (κ3) is 2.50. The van der Waals surface area contributed by atoms with E-state index in [-0.39, 0.29) is 0 Å². The molecule has 2 atom stereocenters. The van der Waals surface area contributed by atoms with Crippen molar-refractivity contribution in [1.29, 1.82) is 5.26 Å². The van der Waals surface area contributed by atoms with Crippen LogP contribution in [0.3, 0.4) is 0 Å². The summed E-state index contributed by atoms with van der Waals surface area (Å²) in [4.78, 5) is 0. The second kappa shape index (κ2) is 4.65. The maximum atomic E-state index is 10.1. The Balaban J connectivity index is 2.99. The Morgan fingerprint density at radius 1 is 1.47 bits per heavy atom. The Hall–Kier alpha value is -1.04. The molecule has 0 aliphatic rings. The number of hydrogen-bond donors (Lipinski definition) is 1. The van der Waals surface area contributed by atoms with Gasteiger partial charge in [0.15, 0.2) is 0 Å². The molecule has 1 rings (SSSR count). The number of benzene rings is 1. The topological polar surface area (TPSA) is 44.0 Å². The first-order valence-electron chi connectivity index (χ1n) is 4.88. The molecule has 0 bridgehead atoms. The molecule has 0 aliphatic heterocycles. The van der Waals surface area contributed by atoms with Gasteiger partial charge < -0.3 is 5.11 Å². The molecule has 1 aromatic carbocycles. The summed E-state index contributed by atoms with van der Waals surface area (Å²) < 4.78 is 0. The fraction of sp³-hybridized carbons (Fsp3) is 0.417. The summed E-state index contributed by atoms with van der Waals surface area (Å²) in [6.45, 7) is 3.65. The third-order valence-electron chi connectivity index (χ3n) is 2.78. The van der Waals surface area contributed by atoms with Gasteiger partial charge in [0.1, 0.15) is 0 Å². The highest BCUT2D eigenvalue weighted by Crippen LogP contribution is 2.36. The first-order chi connectivity index (χ1) is 7.03. The van der Waals surface area contributed by atoms with Crippen LogP contribution in [-0.4, -0.2) is 5.11 Å². The Labute approximate surface area is 95.1 Å². The minimum absolute atomic E-state index is 0.604. The standard InChI is InChI=1S/C12H14ClNO/c1-3-12(2,8-14)11(15)9-4-6-10(13)7-5-9/h4-7,11,15H,3H2,1-2H3. The molecule has 1 aromatic rings. The molecule has 0 heterocycles. The number of nitriles is 1. The summed E-state index contributed by atoms with van der Waals surface area (Å²) in [5.41, 5.74) is -0.0151. The molecule has 0 saturated heterocycles. The van der Waals surface area contributed by atoms with Crippen LogP contribution in [0.25, 0.3) is 0 Å². The quantitative estimate of drug-likeness (QED) is 0.855. The zero-order valence-electron chi connectivity index (χ0n) is 8.87. The highest BCUT2D eigenvalue weighted by Gasteiger charge is 2.32. The van der Waals surface area contributed by atoms with E-state index in [1.165, 1.54) is 0 Å². The molecule has 1 N–H and O–H groups in total. The molecule has 0 fully saturated rings. The third-order valence-corrected chi connectivity index (χ3v) is 3.03. The lowest BCUT2D eigenvalue weighted by atomic mass is 9.80. The van der Waals surface area contributed by atoms with Crippen molar-refractivity contribution in [1.82, 2.24) is 0 Å². The van der Waals surface area contributed by atoms with Crippen molar-refractivity contribution in [2.24, 2.45) is 5.41 Å². The summed E-state index contributed by atoms with van der Waals surface area (Å²) >= 11 is 5.75. The van der Waals surface area contributed by atoms with Gasteiger partial charge in [-0.15, -0.1) is 0 Å². The molecule has 2 nitrogen and oxygen atoms in total. The molecule has 80 valence electrons. The molecule has 0 amide bonds. The minimum atomic E-state index is -0.773. The Kier molecular flexibility index (Phi) is 3.73. The van der Waals surface area contributed by atoms with E-state index in [1.54, 1.807) is 31.2 Å². The van der Waals surface area contributed by atoms with Gasteiger partial charge in [-0.2, -0.15) is 5.26 Å². The number of halogens is 1. The summed E-state index contributed by atoms with van der Waals surface area (Å²) in [7, 11) is 0. The molecule has 0 saturated carbocycles. The average molecular weight is 224 g/mol. The number of aliphatic hydroxyl groups excluding tert-OH is 1. The van der Waals surface area contributed by atoms with Crippen molar-refractivity contribution < 1.29 is 5.11 Å². The predicted octanol–water partition coefficient (Wildman–Crippen LogP) is 3.31. The Bertz CT molecular complexity index is 368. The summed E-state index contributed by atoms with van der Waals surface area (Å²) in [6.07, 6.45) is -0.169. The zero-order valence-corrected chi connectivity index (χ0v) is 9.62. The Morgan fingerprint density at radius 3 is 2.40 bits per heavy atom. The van der Waals surface area contributed by atoms with Gasteiger partial charge >= 0.3 is 0 Å². The van der Waals surface area contributed by atoms with Crippen molar-refractivity contribution in [2.45, 2.75) is 26.4 Å². The zero-order chi connectivity index (χ0) is 11.5. The van der Waals surface area contributed by atoms with E-state index in [9.17, 15) is 5.11 Å². The summed E-state index contributed by atoms with van der Waals surface area (Å²) in [5.74, 6) is 0. The molecule has 3 heteroatoms. The minimum Gasteiger partial charge on any atom is -0.387 e. The van der Waals surface area contributed by atoms with Gasteiger partial charge in [0.05, 0.1) is 17.6 Å². The van der Waals surface area contributed by atoms with E-state index < -0.39 is 11.5 Å². The van der Waals surface area contributed by atoms with Crippen LogP contribution in [0, 0.1) is 16.7 Å². The molecule has 2 unspecified atom stereocenters. The van der Waals surface area contributed by atoms with E-state index in [1.807, 2.05) is 6.92 Å². The highest BCUT2D eigenvalue weighted by molar-refractivity contribution is 6.30. The summed E-state index contributed by atoms with van der Waals surface area (Å²) in [6, 6.07) is 9.09. The van der Waals surface area contributed by atoms with Gasteiger partial charge in [-0.1, -0.05) is 30.7 Å². The molecule has 0 aliphatic carbocycles. The van der Waals surface area contributed by atoms with E-state index in [0.29, 0.717) is 11.4 Å². The van der Waals surface area contributed by atoms with Crippen molar-refractivity contribution in [3.8, 4) is 6.07 Å². The van der Waals surface area contributed by atoms with Gasteiger partial charge in [0.2, 0.25) is 0 Å². The molecule has 0 spiro atoms. The van der Waals surface area contributed by atoms with E-state index in [2.05, 4.69) is 6.07 Å². The normalized spacial score (nSPS) is 16.5. The van der Waals surface area contributed by atoms with Gasteiger partial charge in [0, 0.05) is 5.02 Å². The number of aliphatic hydroxyl groups is 1. The van der Waals surface area contributed by atoms with Gasteiger partial charge in [-0.05, 0) is 31.0 Å². The van der Waals surface area contributed by atoms with Crippen LogP contribution in [0.2, 0.25) is 5.02 Å². The Morgan fingerprint density at radius 2 is 2.00 bits per heavy atom. The van der Waals surface area contributed by atoms with E-state index in [4.69, 9.17) is 16.9 Å². The number of rotatable bonds is 3. The van der Waals surface area contributed by atoms with Gasteiger partial charge in [-0.3, -0.25) is 0 Å². The van der Waals surface area contributed by atoms with Crippen molar-refractivity contribution in [3.05, 3.63) is 34.9 Å². The first kappa shape index (κ1) is 12.0. The SMILES string of the molecule is CCC(C)(C#N)C(O)c1ccc(Cl)cc1. The second-order valence-corrected chi connectivity index (χ2v) is 4.27. The van der Waals surface area contributed by atoms with Crippen LogP contribution in [0.5, 0.6) is 0 Å². The van der Waals surface area contributed by atoms with Crippen LogP contribution in [0.1, 0.15) is 31.9 Å². The monoisotopic (exact) mass is 223 g/mol. The first-order valence-corrected chi connectivity index (χ1v) is 5.26. The van der Waals surface area contributed by atoms with Gasteiger partial charge in [0.25, 0.3) is 0 Å². The maximum Gasteiger partial charge on any atom is 0.0973 e. The van der Waals surface area contributed by atoms with Crippen LogP contribution < -0.4 is 0 Å². The predicted molar refractivity (Wildman–Crippen MR) is 60.4 cm³/mol. The summed E-state index contributed by atoms with van der Waals surface area (Å²) in [5, 5.41) is 19.7.